The Morgan fingerprint density at radius 3 is 2.45 bits per heavy atom. The SMILES string of the molecule is COc1ccc([C@H]2c3c(oc4ccc(C)cc4c3=O)C(=O)N2c2nc(C)c(C)s2)cc1. The monoisotopic (exact) mass is 432 g/mol. The average molecular weight is 433 g/mol. The van der Waals surface area contributed by atoms with Crippen molar-refractivity contribution in [3.8, 4) is 5.75 Å². The average Bonchev–Trinajstić information content (AvgIpc) is 3.25. The molecule has 1 atom stereocenters. The van der Waals surface area contributed by atoms with E-state index in [1.165, 1.54) is 11.3 Å². The van der Waals surface area contributed by atoms with Crippen molar-refractivity contribution in [2.45, 2.75) is 26.8 Å². The zero-order valence-electron chi connectivity index (χ0n) is 17.6. The second kappa shape index (κ2) is 7.06. The predicted octanol–water partition coefficient (Wildman–Crippen LogP) is 4.93. The van der Waals surface area contributed by atoms with Gasteiger partial charge in [-0.1, -0.05) is 23.8 Å². The van der Waals surface area contributed by atoms with Gasteiger partial charge in [-0.25, -0.2) is 4.98 Å². The zero-order chi connectivity index (χ0) is 21.9. The third kappa shape index (κ3) is 2.96. The minimum atomic E-state index is -0.625. The van der Waals surface area contributed by atoms with Crippen LogP contribution >= 0.6 is 11.3 Å². The van der Waals surface area contributed by atoms with Gasteiger partial charge >= 0.3 is 0 Å². The van der Waals surface area contributed by atoms with Crippen molar-refractivity contribution in [2.24, 2.45) is 0 Å². The van der Waals surface area contributed by atoms with Gasteiger partial charge in [0.2, 0.25) is 5.76 Å². The van der Waals surface area contributed by atoms with Crippen molar-refractivity contribution in [1.29, 1.82) is 0 Å². The molecular weight excluding hydrogens is 412 g/mol. The Balaban J connectivity index is 1.80. The lowest BCUT2D eigenvalue weighted by Crippen LogP contribution is -2.29. The van der Waals surface area contributed by atoms with Gasteiger partial charge in [0, 0.05) is 4.88 Å². The fourth-order valence-corrected chi connectivity index (χ4v) is 4.88. The number of rotatable bonds is 3. The Bertz CT molecular complexity index is 1380. The zero-order valence-corrected chi connectivity index (χ0v) is 18.4. The molecule has 156 valence electrons. The second-order valence-corrected chi connectivity index (χ2v) is 8.84. The smallest absolute Gasteiger partial charge is 0.297 e. The van der Waals surface area contributed by atoms with Crippen LogP contribution < -0.4 is 15.1 Å². The van der Waals surface area contributed by atoms with E-state index in [9.17, 15) is 9.59 Å². The fraction of sp³-hybridized carbons (Fsp3) is 0.208. The molecule has 1 amide bonds. The molecule has 0 saturated heterocycles. The maximum atomic E-state index is 13.6. The van der Waals surface area contributed by atoms with Crippen molar-refractivity contribution >= 4 is 33.3 Å². The van der Waals surface area contributed by atoms with Crippen LogP contribution in [-0.4, -0.2) is 18.0 Å². The standard InChI is InChI=1S/C24H20N2O4S/c1-12-5-10-18-17(11-12)21(27)19-20(15-6-8-16(29-4)9-7-15)26(23(28)22(19)30-18)24-25-13(2)14(3)31-24/h5-11,20H,1-4H3/t20-/m0/s1. The van der Waals surface area contributed by atoms with Crippen LogP contribution in [0.1, 0.15) is 43.9 Å². The summed E-state index contributed by atoms with van der Waals surface area (Å²) in [4.78, 5) is 34.3. The summed E-state index contributed by atoms with van der Waals surface area (Å²) in [6.07, 6.45) is 0. The topological polar surface area (TPSA) is 72.6 Å². The van der Waals surface area contributed by atoms with Gasteiger partial charge in [0.15, 0.2) is 10.6 Å². The highest BCUT2D eigenvalue weighted by atomic mass is 32.1. The number of aryl methyl sites for hydroxylation is 3. The molecule has 4 aromatic rings. The van der Waals surface area contributed by atoms with E-state index in [2.05, 4.69) is 4.98 Å². The number of amides is 1. The minimum absolute atomic E-state index is 0.0766. The summed E-state index contributed by atoms with van der Waals surface area (Å²) in [5, 5.41) is 1.02. The van der Waals surface area contributed by atoms with E-state index in [0.717, 1.165) is 21.7 Å². The molecule has 2 aromatic heterocycles. The molecule has 0 bridgehead atoms. The lowest BCUT2D eigenvalue weighted by atomic mass is 9.98. The van der Waals surface area contributed by atoms with Crippen molar-refractivity contribution in [3.05, 3.63) is 85.7 Å². The molecule has 6 nitrogen and oxygen atoms in total. The van der Waals surface area contributed by atoms with Gasteiger partial charge < -0.3 is 9.15 Å². The molecule has 5 rings (SSSR count). The van der Waals surface area contributed by atoms with Gasteiger partial charge in [-0.3, -0.25) is 14.5 Å². The first-order valence-corrected chi connectivity index (χ1v) is 10.7. The number of benzene rings is 2. The van der Waals surface area contributed by atoms with E-state index >= 15 is 0 Å². The molecule has 3 heterocycles. The van der Waals surface area contributed by atoms with Crippen LogP contribution in [-0.2, 0) is 0 Å². The highest BCUT2D eigenvalue weighted by Gasteiger charge is 2.45. The van der Waals surface area contributed by atoms with E-state index in [-0.39, 0.29) is 17.1 Å². The normalized spacial score (nSPS) is 15.5. The molecule has 0 N–H and O–H groups in total. The van der Waals surface area contributed by atoms with Gasteiger partial charge in [0.25, 0.3) is 5.91 Å². The molecule has 0 spiro atoms. The highest BCUT2D eigenvalue weighted by molar-refractivity contribution is 7.15. The van der Waals surface area contributed by atoms with Crippen LogP contribution in [0.2, 0.25) is 0 Å². The number of hydrogen-bond donors (Lipinski definition) is 0. The first-order valence-electron chi connectivity index (χ1n) is 9.88. The number of methoxy groups -OCH3 is 1. The lowest BCUT2D eigenvalue weighted by Gasteiger charge is -2.22. The summed E-state index contributed by atoms with van der Waals surface area (Å²) in [6, 6.07) is 12.2. The number of carbonyl (C=O) groups excluding carboxylic acids is 1. The van der Waals surface area contributed by atoms with E-state index in [0.29, 0.717) is 27.4 Å². The lowest BCUT2D eigenvalue weighted by molar-refractivity contribution is 0.0971. The van der Waals surface area contributed by atoms with Gasteiger partial charge in [-0.2, -0.15) is 0 Å². The Morgan fingerprint density at radius 2 is 1.81 bits per heavy atom. The Kier molecular flexibility index (Phi) is 4.44. The quantitative estimate of drug-likeness (QED) is 0.459. The van der Waals surface area contributed by atoms with Gasteiger partial charge in [-0.05, 0) is 50.6 Å². The van der Waals surface area contributed by atoms with Crippen molar-refractivity contribution in [3.63, 3.8) is 0 Å². The molecule has 2 aromatic carbocycles. The Labute approximate surface area is 182 Å². The maximum absolute atomic E-state index is 13.6. The van der Waals surface area contributed by atoms with Crippen LogP contribution in [0.3, 0.4) is 0 Å². The van der Waals surface area contributed by atoms with E-state index in [1.54, 1.807) is 24.1 Å². The maximum Gasteiger partial charge on any atom is 0.297 e. The van der Waals surface area contributed by atoms with Crippen LogP contribution in [0.15, 0.2) is 51.7 Å². The third-order valence-electron chi connectivity index (χ3n) is 5.68. The van der Waals surface area contributed by atoms with Crippen LogP contribution in [0.25, 0.3) is 11.0 Å². The summed E-state index contributed by atoms with van der Waals surface area (Å²) < 4.78 is 11.3. The van der Waals surface area contributed by atoms with Crippen LogP contribution in [0.5, 0.6) is 5.75 Å². The minimum Gasteiger partial charge on any atom is -0.497 e. The summed E-state index contributed by atoms with van der Waals surface area (Å²) in [7, 11) is 1.60. The molecule has 0 radical (unpaired) electrons. The number of ether oxygens (including phenoxy) is 1. The number of nitrogens with zero attached hydrogens (tertiary/aromatic N) is 2. The number of aromatic nitrogens is 1. The summed E-state index contributed by atoms with van der Waals surface area (Å²) in [5.41, 5.74) is 3.16. The van der Waals surface area contributed by atoms with E-state index in [4.69, 9.17) is 9.15 Å². The molecular formula is C24H20N2O4S. The van der Waals surface area contributed by atoms with Gasteiger partial charge in [0.1, 0.15) is 11.3 Å². The molecule has 7 heteroatoms. The van der Waals surface area contributed by atoms with E-state index < -0.39 is 6.04 Å². The number of anilines is 1. The summed E-state index contributed by atoms with van der Waals surface area (Å²) in [5.74, 6) is 0.416. The Morgan fingerprint density at radius 1 is 1.06 bits per heavy atom. The number of thiazole rings is 1. The third-order valence-corrected chi connectivity index (χ3v) is 6.75. The molecule has 0 unspecified atom stereocenters. The van der Waals surface area contributed by atoms with Crippen molar-refractivity contribution in [2.75, 3.05) is 12.0 Å². The first-order chi connectivity index (χ1) is 14.9. The summed E-state index contributed by atoms with van der Waals surface area (Å²) >= 11 is 1.43. The summed E-state index contributed by atoms with van der Waals surface area (Å²) in [6.45, 7) is 5.80. The number of carbonyl (C=O) groups is 1. The largest absolute Gasteiger partial charge is 0.497 e. The Hall–Kier alpha value is -3.45. The van der Waals surface area contributed by atoms with Gasteiger partial charge in [-0.15, -0.1) is 11.3 Å². The molecule has 0 aliphatic carbocycles. The highest BCUT2D eigenvalue weighted by Crippen LogP contribution is 2.43. The fourth-order valence-electron chi connectivity index (χ4n) is 3.94. The predicted molar refractivity (Wildman–Crippen MR) is 120 cm³/mol. The second-order valence-electron chi connectivity index (χ2n) is 7.66. The first kappa shape index (κ1) is 19.5. The molecule has 0 saturated carbocycles. The molecule has 1 aliphatic heterocycles. The van der Waals surface area contributed by atoms with Crippen LogP contribution in [0.4, 0.5) is 5.13 Å². The van der Waals surface area contributed by atoms with Crippen LogP contribution in [0, 0.1) is 20.8 Å². The van der Waals surface area contributed by atoms with Crippen molar-refractivity contribution < 1.29 is 13.9 Å². The number of fused-ring (bicyclic) bond motifs is 2. The molecule has 0 fully saturated rings. The van der Waals surface area contributed by atoms with Crippen molar-refractivity contribution in [1.82, 2.24) is 4.98 Å². The molecule has 1 aliphatic rings. The van der Waals surface area contributed by atoms with E-state index in [1.807, 2.05) is 51.1 Å². The number of hydrogen-bond acceptors (Lipinski definition) is 6. The van der Waals surface area contributed by atoms with Gasteiger partial charge in [0.05, 0.1) is 29.8 Å². The molecule has 31 heavy (non-hydrogen) atoms.